The van der Waals surface area contributed by atoms with Gasteiger partial charge in [-0.25, -0.2) is 18.2 Å². The minimum atomic E-state index is -3.09. The van der Waals surface area contributed by atoms with E-state index in [-0.39, 0.29) is 29.7 Å². The van der Waals surface area contributed by atoms with Crippen molar-refractivity contribution < 1.29 is 17.9 Å². The van der Waals surface area contributed by atoms with Crippen LogP contribution in [0.2, 0.25) is 0 Å². The fourth-order valence-electron chi connectivity index (χ4n) is 1.68. The van der Waals surface area contributed by atoms with Gasteiger partial charge in [-0.1, -0.05) is 0 Å². The van der Waals surface area contributed by atoms with Crippen LogP contribution in [0.25, 0.3) is 0 Å². The molecule has 0 fully saturated rings. The normalized spacial score (nSPS) is 12.8. The Morgan fingerprint density at radius 3 is 2.75 bits per heavy atom. The highest BCUT2D eigenvalue weighted by Crippen LogP contribution is 2.16. The second-order valence-electron chi connectivity index (χ2n) is 4.52. The van der Waals surface area contributed by atoms with Gasteiger partial charge in [-0.05, 0) is 19.9 Å². The SMILES string of the molecule is CCOC(=O)c1cc(NC(C)CS(C)(=O)=O)ncc1N. The minimum Gasteiger partial charge on any atom is -0.462 e. The van der Waals surface area contributed by atoms with Gasteiger partial charge in [-0.15, -0.1) is 0 Å². The summed E-state index contributed by atoms with van der Waals surface area (Å²) in [5.41, 5.74) is 6.08. The zero-order valence-electron chi connectivity index (χ0n) is 11.7. The number of esters is 1. The molecule has 0 spiro atoms. The first-order valence-electron chi connectivity index (χ1n) is 6.10. The number of rotatable bonds is 6. The number of hydrogen-bond acceptors (Lipinski definition) is 7. The lowest BCUT2D eigenvalue weighted by molar-refractivity contribution is 0.0527. The number of anilines is 2. The topological polar surface area (TPSA) is 111 Å². The number of nitrogens with one attached hydrogen (secondary N) is 1. The van der Waals surface area contributed by atoms with Gasteiger partial charge < -0.3 is 15.8 Å². The van der Waals surface area contributed by atoms with E-state index in [4.69, 9.17) is 10.5 Å². The summed E-state index contributed by atoms with van der Waals surface area (Å²) in [7, 11) is -3.09. The number of nitrogens with zero attached hydrogens (tertiary/aromatic N) is 1. The van der Waals surface area contributed by atoms with Gasteiger partial charge >= 0.3 is 5.97 Å². The third-order valence-electron chi connectivity index (χ3n) is 2.38. The van der Waals surface area contributed by atoms with Crippen LogP contribution in [0, 0.1) is 0 Å². The summed E-state index contributed by atoms with van der Waals surface area (Å²) in [6.07, 6.45) is 2.49. The van der Waals surface area contributed by atoms with E-state index in [1.165, 1.54) is 12.3 Å². The Morgan fingerprint density at radius 2 is 2.20 bits per heavy atom. The number of aromatic nitrogens is 1. The highest BCUT2D eigenvalue weighted by atomic mass is 32.2. The molecule has 1 aromatic heterocycles. The molecule has 0 aliphatic heterocycles. The second-order valence-corrected chi connectivity index (χ2v) is 6.70. The molecule has 0 saturated heterocycles. The van der Waals surface area contributed by atoms with Gasteiger partial charge in [0.25, 0.3) is 0 Å². The predicted octanol–water partition coefficient (Wildman–Crippen LogP) is 0.685. The van der Waals surface area contributed by atoms with Gasteiger partial charge in [0.1, 0.15) is 15.7 Å². The Bertz CT molecular complexity index is 586. The zero-order valence-corrected chi connectivity index (χ0v) is 12.5. The van der Waals surface area contributed by atoms with Crippen molar-refractivity contribution in [3.05, 3.63) is 17.8 Å². The van der Waals surface area contributed by atoms with Crippen molar-refractivity contribution in [2.24, 2.45) is 0 Å². The van der Waals surface area contributed by atoms with Crippen molar-refractivity contribution in [2.45, 2.75) is 19.9 Å². The Labute approximate surface area is 118 Å². The van der Waals surface area contributed by atoms with Crippen molar-refractivity contribution in [1.29, 1.82) is 0 Å². The van der Waals surface area contributed by atoms with Crippen molar-refractivity contribution in [3.8, 4) is 0 Å². The fraction of sp³-hybridized carbons (Fsp3) is 0.500. The van der Waals surface area contributed by atoms with Crippen LogP contribution in [0.5, 0.6) is 0 Å². The van der Waals surface area contributed by atoms with Crippen LogP contribution in [0.4, 0.5) is 11.5 Å². The molecule has 112 valence electrons. The summed E-state index contributed by atoms with van der Waals surface area (Å²) in [5, 5.41) is 2.91. The summed E-state index contributed by atoms with van der Waals surface area (Å²) in [6, 6.07) is 1.11. The maximum atomic E-state index is 11.7. The largest absolute Gasteiger partial charge is 0.462 e. The smallest absolute Gasteiger partial charge is 0.340 e. The minimum absolute atomic E-state index is 0.0339. The van der Waals surface area contributed by atoms with E-state index in [1.807, 2.05) is 0 Å². The summed E-state index contributed by atoms with van der Waals surface area (Å²) >= 11 is 0. The lowest BCUT2D eigenvalue weighted by Gasteiger charge is -2.14. The number of pyridine rings is 1. The molecule has 1 heterocycles. The van der Waals surface area contributed by atoms with E-state index in [0.29, 0.717) is 5.82 Å². The quantitative estimate of drug-likeness (QED) is 0.743. The molecule has 1 atom stereocenters. The molecule has 1 rings (SSSR count). The third-order valence-corrected chi connectivity index (χ3v) is 3.48. The summed E-state index contributed by atoms with van der Waals surface area (Å²) in [5.74, 6) is -0.196. The van der Waals surface area contributed by atoms with E-state index in [9.17, 15) is 13.2 Å². The van der Waals surface area contributed by atoms with Gasteiger partial charge in [0.2, 0.25) is 0 Å². The van der Waals surface area contributed by atoms with Gasteiger partial charge in [-0.2, -0.15) is 0 Å². The van der Waals surface area contributed by atoms with Crippen molar-refractivity contribution in [3.63, 3.8) is 0 Å². The van der Waals surface area contributed by atoms with E-state index < -0.39 is 15.8 Å². The van der Waals surface area contributed by atoms with E-state index >= 15 is 0 Å². The van der Waals surface area contributed by atoms with Gasteiger partial charge in [0.15, 0.2) is 0 Å². The summed E-state index contributed by atoms with van der Waals surface area (Å²) in [4.78, 5) is 15.7. The van der Waals surface area contributed by atoms with Crippen molar-refractivity contribution in [1.82, 2.24) is 4.98 Å². The highest BCUT2D eigenvalue weighted by Gasteiger charge is 2.15. The molecular weight excluding hydrogens is 282 g/mol. The standard InChI is InChI=1S/C12H19N3O4S/c1-4-19-12(16)9-5-11(14-6-10(9)13)15-8(2)7-20(3,17)18/h5-6,8H,4,7,13H2,1-3H3,(H,14,15). The molecule has 0 bridgehead atoms. The first kappa shape index (κ1) is 16.2. The maximum Gasteiger partial charge on any atom is 0.340 e. The lowest BCUT2D eigenvalue weighted by atomic mass is 10.2. The molecule has 0 aliphatic carbocycles. The molecule has 0 radical (unpaired) electrons. The first-order valence-corrected chi connectivity index (χ1v) is 8.16. The molecule has 1 unspecified atom stereocenters. The Kier molecular flexibility index (Phi) is 5.32. The molecule has 0 saturated carbocycles. The number of hydrogen-bond donors (Lipinski definition) is 2. The number of carbonyl (C=O) groups excluding carboxylic acids is 1. The molecule has 3 N–H and O–H groups in total. The van der Waals surface area contributed by atoms with E-state index in [0.717, 1.165) is 6.26 Å². The average molecular weight is 301 g/mol. The second kappa shape index (κ2) is 6.56. The zero-order chi connectivity index (χ0) is 15.3. The van der Waals surface area contributed by atoms with Crippen LogP contribution < -0.4 is 11.1 Å². The molecule has 1 aromatic rings. The molecule has 8 heteroatoms. The lowest BCUT2D eigenvalue weighted by Crippen LogP contribution is -2.25. The number of nitrogen functional groups attached to an aromatic ring is 1. The van der Waals surface area contributed by atoms with E-state index in [1.54, 1.807) is 13.8 Å². The van der Waals surface area contributed by atoms with Crippen LogP contribution in [0.15, 0.2) is 12.3 Å². The van der Waals surface area contributed by atoms with E-state index in [2.05, 4.69) is 10.3 Å². The molecule has 0 amide bonds. The Morgan fingerprint density at radius 1 is 1.55 bits per heavy atom. The number of nitrogens with two attached hydrogens (primary N) is 1. The van der Waals surface area contributed by atoms with Crippen LogP contribution in [0.1, 0.15) is 24.2 Å². The summed E-state index contributed by atoms with van der Waals surface area (Å²) < 4.78 is 27.3. The van der Waals surface area contributed by atoms with Crippen molar-refractivity contribution >= 4 is 27.3 Å². The summed E-state index contributed by atoms with van der Waals surface area (Å²) in [6.45, 7) is 3.65. The molecule has 20 heavy (non-hydrogen) atoms. The predicted molar refractivity (Wildman–Crippen MR) is 77.4 cm³/mol. The Balaban J connectivity index is 2.87. The molecule has 0 aromatic carbocycles. The number of carbonyl (C=O) groups is 1. The van der Waals surface area contributed by atoms with Crippen molar-refractivity contribution in [2.75, 3.05) is 29.7 Å². The number of ether oxygens (including phenoxy) is 1. The molecular formula is C12H19N3O4S. The first-order chi connectivity index (χ1) is 9.23. The van der Waals surface area contributed by atoms with Gasteiger partial charge in [0, 0.05) is 12.3 Å². The fourth-order valence-corrected chi connectivity index (χ4v) is 2.67. The van der Waals surface area contributed by atoms with Crippen LogP contribution in [0.3, 0.4) is 0 Å². The monoisotopic (exact) mass is 301 g/mol. The van der Waals surface area contributed by atoms with Crippen LogP contribution in [-0.4, -0.2) is 44.0 Å². The van der Waals surface area contributed by atoms with Crippen LogP contribution in [-0.2, 0) is 14.6 Å². The van der Waals surface area contributed by atoms with Gasteiger partial charge in [-0.3, -0.25) is 0 Å². The Hall–Kier alpha value is -1.83. The number of sulfone groups is 1. The molecule has 0 aliphatic rings. The highest BCUT2D eigenvalue weighted by molar-refractivity contribution is 7.90. The van der Waals surface area contributed by atoms with Gasteiger partial charge in [0.05, 0.1) is 29.8 Å². The average Bonchev–Trinajstić information content (AvgIpc) is 2.29. The van der Waals surface area contributed by atoms with Crippen LogP contribution >= 0.6 is 0 Å². The molecule has 7 nitrogen and oxygen atoms in total. The third kappa shape index (κ3) is 5.04. The maximum absolute atomic E-state index is 11.7.